The van der Waals surface area contributed by atoms with Crippen molar-refractivity contribution in [3.63, 3.8) is 0 Å². The second-order valence-corrected chi connectivity index (χ2v) is 4.48. The molecule has 4 heteroatoms. The molecule has 0 aliphatic heterocycles. The number of nitrogens with zero attached hydrogens (tertiary/aromatic N) is 2. The Morgan fingerprint density at radius 2 is 1.89 bits per heavy atom. The Morgan fingerprint density at radius 3 is 2.58 bits per heavy atom. The van der Waals surface area contributed by atoms with Crippen molar-refractivity contribution in [2.45, 2.75) is 33.3 Å². The summed E-state index contributed by atoms with van der Waals surface area (Å²) in [6, 6.07) is 10.0. The van der Waals surface area contributed by atoms with Crippen LogP contribution in [0, 0.1) is 6.92 Å². The smallest absolute Gasteiger partial charge is 0.222 e. The standard InChI is InChI=1S/C15H19N3O/c1-3-7-13-17-14(16)11(2)15(18-13)19-10-12-8-5-4-6-9-12/h4-6,8-9H,3,7,10H2,1-2H3,(H2,16,17,18). The average Bonchev–Trinajstić information content (AvgIpc) is 2.42. The highest BCUT2D eigenvalue weighted by Crippen LogP contribution is 2.21. The number of hydrogen-bond donors (Lipinski definition) is 1. The van der Waals surface area contributed by atoms with E-state index >= 15 is 0 Å². The minimum Gasteiger partial charge on any atom is -0.472 e. The lowest BCUT2D eigenvalue weighted by Crippen LogP contribution is -2.07. The van der Waals surface area contributed by atoms with Crippen molar-refractivity contribution in [2.75, 3.05) is 5.73 Å². The van der Waals surface area contributed by atoms with E-state index in [1.807, 2.05) is 37.3 Å². The quantitative estimate of drug-likeness (QED) is 0.894. The van der Waals surface area contributed by atoms with Gasteiger partial charge in [-0.25, -0.2) is 4.98 Å². The predicted octanol–water partition coefficient (Wildman–Crippen LogP) is 2.90. The molecule has 0 bridgehead atoms. The van der Waals surface area contributed by atoms with Crippen LogP contribution in [0.15, 0.2) is 30.3 Å². The minimum absolute atomic E-state index is 0.490. The molecule has 0 radical (unpaired) electrons. The van der Waals surface area contributed by atoms with E-state index < -0.39 is 0 Å². The zero-order chi connectivity index (χ0) is 13.7. The number of aryl methyl sites for hydroxylation is 1. The third-order valence-electron chi connectivity index (χ3n) is 2.88. The lowest BCUT2D eigenvalue weighted by molar-refractivity contribution is 0.290. The first-order chi connectivity index (χ1) is 9.20. The number of nitrogen functional groups attached to an aromatic ring is 1. The van der Waals surface area contributed by atoms with Gasteiger partial charge < -0.3 is 10.5 Å². The monoisotopic (exact) mass is 257 g/mol. The summed E-state index contributed by atoms with van der Waals surface area (Å²) in [5.74, 6) is 1.83. The number of rotatable bonds is 5. The first-order valence-corrected chi connectivity index (χ1v) is 6.50. The number of ether oxygens (including phenoxy) is 1. The van der Waals surface area contributed by atoms with E-state index in [2.05, 4.69) is 16.9 Å². The molecule has 19 heavy (non-hydrogen) atoms. The Morgan fingerprint density at radius 1 is 1.16 bits per heavy atom. The van der Waals surface area contributed by atoms with Crippen LogP contribution in [0.3, 0.4) is 0 Å². The third kappa shape index (κ3) is 3.44. The summed E-state index contributed by atoms with van der Waals surface area (Å²) in [5.41, 5.74) is 7.80. The van der Waals surface area contributed by atoms with Gasteiger partial charge in [-0.3, -0.25) is 0 Å². The lowest BCUT2D eigenvalue weighted by Gasteiger charge is -2.11. The minimum atomic E-state index is 0.490. The molecule has 0 unspecified atom stereocenters. The van der Waals surface area contributed by atoms with Crippen LogP contribution in [0.4, 0.5) is 5.82 Å². The summed E-state index contributed by atoms with van der Waals surface area (Å²) < 4.78 is 5.76. The van der Waals surface area contributed by atoms with E-state index in [9.17, 15) is 0 Å². The van der Waals surface area contributed by atoms with Gasteiger partial charge in [0.15, 0.2) is 0 Å². The van der Waals surface area contributed by atoms with Gasteiger partial charge in [0.05, 0.1) is 5.56 Å². The van der Waals surface area contributed by atoms with Crippen molar-refractivity contribution in [1.82, 2.24) is 9.97 Å². The van der Waals surface area contributed by atoms with Crippen molar-refractivity contribution in [3.05, 3.63) is 47.3 Å². The molecule has 4 nitrogen and oxygen atoms in total. The fourth-order valence-corrected chi connectivity index (χ4v) is 1.76. The van der Waals surface area contributed by atoms with Crippen molar-refractivity contribution >= 4 is 5.82 Å². The van der Waals surface area contributed by atoms with Gasteiger partial charge in [-0.1, -0.05) is 37.3 Å². The highest BCUT2D eigenvalue weighted by molar-refractivity contribution is 5.44. The van der Waals surface area contributed by atoms with Crippen LogP contribution in [0.1, 0.15) is 30.3 Å². The van der Waals surface area contributed by atoms with E-state index in [1.54, 1.807) is 0 Å². The number of nitrogens with two attached hydrogens (primary N) is 1. The van der Waals surface area contributed by atoms with E-state index in [0.29, 0.717) is 18.3 Å². The van der Waals surface area contributed by atoms with Crippen LogP contribution >= 0.6 is 0 Å². The van der Waals surface area contributed by atoms with Gasteiger partial charge in [-0.15, -0.1) is 0 Å². The molecule has 100 valence electrons. The largest absolute Gasteiger partial charge is 0.472 e. The summed E-state index contributed by atoms with van der Waals surface area (Å²) >= 11 is 0. The van der Waals surface area contributed by atoms with Gasteiger partial charge in [-0.2, -0.15) is 4.98 Å². The van der Waals surface area contributed by atoms with Crippen molar-refractivity contribution in [3.8, 4) is 5.88 Å². The molecule has 0 aliphatic rings. The summed E-state index contributed by atoms with van der Waals surface area (Å²) in [5, 5.41) is 0. The Balaban J connectivity index is 2.15. The maximum absolute atomic E-state index is 5.89. The van der Waals surface area contributed by atoms with Crippen molar-refractivity contribution in [2.24, 2.45) is 0 Å². The first kappa shape index (κ1) is 13.3. The highest BCUT2D eigenvalue weighted by Gasteiger charge is 2.09. The lowest BCUT2D eigenvalue weighted by atomic mass is 10.2. The van der Waals surface area contributed by atoms with Crippen LogP contribution in [0.5, 0.6) is 5.88 Å². The van der Waals surface area contributed by atoms with Crippen molar-refractivity contribution < 1.29 is 4.74 Å². The Hall–Kier alpha value is -2.10. The van der Waals surface area contributed by atoms with Crippen LogP contribution in [0.25, 0.3) is 0 Å². The number of hydrogen-bond acceptors (Lipinski definition) is 4. The molecular weight excluding hydrogens is 238 g/mol. The topological polar surface area (TPSA) is 61.0 Å². The molecule has 2 aromatic rings. The molecule has 0 spiro atoms. The maximum Gasteiger partial charge on any atom is 0.222 e. The molecule has 0 saturated carbocycles. The molecule has 1 heterocycles. The second-order valence-electron chi connectivity index (χ2n) is 4.48. The summed E-state index contributed by atoms with van der Waals surface area (Å²) in [6.07, 6.45) is 1.80. The fourth-order valence-electron chi connectivity index (χ4n) is 1.76. The van der Waals surface area contributed by atoms with Gasteiger partial charge in [0.25, 0.3) is 0 Å². The van der Waals surface area contributed by atoms with Crippen LogP contribution in [0.2, 0.25) is 0 Å². The summed E-state index contributed by atoms with van der Waals surface area (Å²) in [7, 11) is 0. The Kier molecular flexibility index (Phi) is 4.34. The molecule has 0 amide bonds. The van der Waals surface area contributed by atoms with Gasteiger partial charge >= 0.3 is 0 Å². The molecule has 0 atom stereocenters. The molecule has 1 aromatic heterocycles. The Labute approximate surface area is 113 Å². The second kappa shape index (κ2) is 6.18. The number of anilines is 1. The number of aromatic nitrogens is 2. The molecule has 0 saturated heterocycles. The molecule has 0 aliphatic carbocycles. The van der Waals surface area contributed by atoms with Crippen LogP contribution < -0.4 is 10.5 Å². The molecular formula is C15H19N3O. The first-order valence-electron chi connectivity index (χ1n) is 6.50. The molecule has 2 N–H and O–H groups in total. The van der Waals surface area contributed by atoms with Gasteiger partial charge in [0.2, 0.25) is 5.88 Å². The highest BCUT2D eigenvalue weighted by atomic mass is 16.5. The van der Waals surface area contributed by atoms with Crippen molar-refractivity contribution in [1.29, 1.82) is 0 Å². The van der Waals surface area contributed by atoms with E-state index in [1.165, 1.54) is 0 Å². The van der Waals surface area contributed by atoms with Crippen LogP contribution in [-0.4, -0.2) is 9.97 Å². The van der Waals surface area contributed by atoms with Gasteiger partial charge in [0.1, 0.15) is 18.2 Å². The fraction of sp³-hybridized carbons (Fsp3) is 0.333. The SMILES string of the molecule is CCCc1nc(N)c(C)c(OCc2ccccc2)n1. The van der Waals surface area contributed by atoms with Gasteiger partial charge in [-0.05, 0) is 18.9 Å². The van der Waals surface area contributed by atoms with Gasteiger partial charge in [0, 0.05) is 6.42 Å². The summed E-state index contributed by atoms with van der Waals surface area (Å²) in [6.45, 7) is 4.46. The zero-order valence-electron chi connectivity index (χ0n) is 11.4. The van der Waals surface area contributed by atoms with E-state index in [-0.39, 0.29) is 0 Å². The molecule has 1 aromatic carbocycles. The average molecular weight is 257 g/mol. The number of benzene rings is 1. The summed E-state index contributed by atoms with van der Waals surface area (Å²) in [4.78, 5) is 8.69. The third-order valence-corrected chi connectivity index (χ3v) is 2.88. The Bertz CT molecular complexity index is 541. The molecule has 0 fully saturated rings. The van der Waals surface area contributed by atoms with E-state index in [0.717, 1.165) is 29.8 Å². The van der Waals surface area contributed by atoms with E-state index in [4.69, 9.17) is 10.5 Å². The predicted molar refractivity (Wildman–Crippen MR) is 76.0 cm³/mol. The zero-order valence-corrected chi connectivity index (χ0v) is 11.4. The normalized spacial score (nSPS) is 10.4. The van der Waals surface area contributed by atoms with Crippen LogP contribution in [-0.2, 0) is 13.0 Å². The maximum atomic E-state index is 5.89. The molecule has 2 rings (SSSR count).